The lowest BCUT2D eigenvalue weighted by Crippen LogP contribution is -2.39. The monoisotopic (exact) mass is 265 g/mol. The maximum atomic E-state index is 9.95. The Kier molecular flexibility index (Phi) is 5.79. The molecule has 1 aliphatic heterocycles. The maximum Gasteiger partial charge on any atom is 0.0900 e. The minimum atomic E-state index is -0.490. The Morgan fingerprint density at radius 3 is 2.84 bits per heavy atom. The van der Waals surface area contributed by atoms with E-state index in [4.69, 9.17) is 4.74 Å². The Balaban J connectivity index is 1.66. The molecule has 4 nitrogen and oxygen atoms in total. The summed E-state index contributed by atoms with van der Waals surface area (Å²) in [5, 5.41) is 19.2. The van der Waals surface area contributed by atoms with Gasteiger partial charge in [-0.15, -0.1) is 0 Å². The van der Waals surface area contributed by atoms with Gasteiger partial charge in [-0.25, -0.2) is 0 Å². The molecule has 1 aliphatic rings. The van der Waals surface area contributed by atoms with E-state index in [0.717, 1.165) is 24.9 Å². The number of aliphatic hydroxyl groups excluding tert-OH is 2. The van der Waals surface area contributed by atoms with E-state index in [1.807, 2.05) is 30.3 Å². The highest BCUT2D eigenvalue weighted by Gasteiger charge is 2.25. The molecule has 0 amide bonds. The van der Waals surface area contributed by atoms with Gasteiger partial charge in [0.15, 0.2) is 0 Å². The third kappa shape index (κ3) is 4.58. The Labute approximate surface area is 114 Å². The molecule has 19 heavy (non-hydrogen) atoms. The topological polar surface area (TPSA) is 52.9 Å². The first-order valence-corrected chi connectivity index (χ1v) is 6.94. The predicted molar refractivity (Wildman–Crippen MR) is 73.8 cm³/mol. The number of benzene rings is 1. The van der Waals surface area contributed by atoms with Crippen LogP contribution < -0.4 is 0 Å². The van der Waals surface area contributed by atoms with Crippen LogP contribution in [0.1, 0.15) is 18.4 Å². The first-order valence-electron chi connectivity index (χ1n) is 6.94. The molecule has 1 fully saturated rings. The summed E-state index contributed by atoms with van der Waals surface area (Å²) in [7, 11) is 0. The highest BCUT2D eigenvalue weighted by atomic mass is 16.5. The van der Waals surface area contributed by atoms with Crippen molar-refractivity contribution < 1.29 is 14.9 Å². The third-order valence-electron chi connectivity index (χ3n) is 3.58. The van der Waals surface area contributed by atoms with Gasteiger partial charge < -0.3 is 14.9 Å². The second kappa shape index (κ2) is 7.60. The Hall–Kier alpha value is -0.940. The van der Waals surface area contributed by atoms with Gasteiger partial charge in [-0.05, 0) is 24.9 Å². The van der Waals surface area contributed by atoms with Crippen molar-refractivity contribution in [3.63, 3.8) is 0 Å². The lowest BCUT2D eigenvalue weighted by atomic mass is 10.2. The van der Waals surface area contributed by atoms with Crippen LogP contribution in [0.25, 0.3) is 0 Å². The summed E-state index contributed by atoms with van der Waals surface area (Å²) in [6.07, 6.45) is 1.63. The minimum absolute atomic E-state index is 0.178. The van der Waals surface area contributed by atoms with Gasteiger partial charge in [0.25, 0.3) is 0 Å². The first kappa shape index (κ1) is 14.5. The fourth-order valence-corrected chi connectivity index (χ4v) is 2.55. The lowest BCUT2D eigenvalue weighted by molar-refractivity contribution is 0.00403. The summed E-state index contributed by atoms with van der Waals surface area (Å²) in [6.45, 7) is 2.59. The largest absolute Gasteiger partial charge is 0.395 e. The summed E-state index contributed by atoms with van der Waals surface area (Å²) >= 11 is 0. The molecular formula is C15H23NO3. The fourth-order valence-electron chi connectivity index (χ4n) is 2.55. The van der Waals surface area contributed by atoms with Gasteiger partial charge in [0.05, 0.1) is 25.9 Å². The molecule has 0 radical (unpaired) electrons. The van der Waals surface area contributed by atoms with Crippen molar-refractivity contribution in [1.82, 2.24) is 4.90 Å². The van der Waals surface area contributed by atoms with E-state index in [1.165, 1.54) is 0 Å². The van der Waals surface area contributed by atoms with Crippen molar-refractivity contribution >= 4 is 0 Å². The van der Waals surface area contributed by atoms with Crippen LogP contribution in [0.15, 0.2) is 30.3 Å². The molecule has 1 unspecified atom stereocenters. The first-order chi connectivity index (χ1) is 9.29. The van der Waals surface area contributed by atoms with Gasteiger partial charge in [0.2, 0.25) is 0 Å². The van der Waals surface area contributed by atoms with Crippen LogP contribution >= 0.6 is 0 Å². The van der Waals surface area contributed by atoms with Crippen molar-refractivity contribution in [3.05, 3.63) is 35.9 Å². The fraction of sp³-hybridized carbons (Fsp3) is 0.600. The SMILES string of the molecule is OC[C@@H]1CCCN1CC(O)COCc1ccccc1. The molecular weight excluding hydrogens is 242 g/mol. The average Bonchev–Trinajstić information content (AvgIpc) is 2.87. The molecule has 0 spiro atoms. The number of hydrogen-bond acceptors (Lipinski definition) is 4. The molecule has 2 rings (SSSR count). The Bertz CT molecular complexity index is 358. The number of likely N-dealkylation sites (tertiary alicyclic amines) is 1. The smallest absolute Gasteiger partial charge is 0.0900 e. The summed E-state index contributed by atoms with van der Waals surface area (Å²) in [6, 6.07) is 10.2. The molecule has 0 bridgehead atoms. The van der Waals surface area contributed by atoms with Gasteiger partial charge in [0.1, 0.15) is 0 Å². The van der Waals surface area contributed by atoms with Crippen LogP contribution in [0, 0.1) is 0 Å². The van der Waals surface area contributed by atoms with Gasteiger partial charge >= 0.3 is 0 Å². The third-order valence-corrected chi connectivity index (χ3v) is 3.58. The van der Waals surface area contributed by atoms with Crippen LogP contribution in [0.5, 0.6) is 0 Å². The number of aliphatic hydroxyl groups is 2. The number of ether oxygens (including phenoxy) is 1. The Morgan fingerprint density at radius 1 is 1.32 bits per heavy atom. The van der Waals surface area contributed by atoms with Gasteiger partial charge in [-0.2, -0.15) is 0 Å². The maximum absolute atomic E-state index is 9.95. The second-order valence-electron chi connectivity index (χ2n) is 5.13. The summed E-state index contributed by atoms with van der Waals surface area (Å²) < 4.78 is 5.52. The van der Waals surface area contributed by atoms with Crippen LogP contribution in [0.3, 0.4) is 0 Å². The summed E-state index contributed by atoms with van der Waals surface area (Å²) in [5.74, 6) is 0. The van der Waals surface area contributed by atoms with Crippen molar-refractivity contribution in [3.8, 4) is 0 Å². The normalized spacial score (nSPS) is 21.7. The van der Waals surface area contributed by atoms with Crippen molar-refractivity contribution in [1.29, 1.82) is 0 Å². The molecule has 0 aromatic heterocycles. The van der Waals surface area contributed by atoms with E-state index in [1.54, 1.807) is 0 Å². The molecule has 0 saturated carbocycles. The second-order valence-corrected chi connectivity index (χ2v) is 5.13. The number of hydrogen-bond donors (Lipinski definition) is 2. The average molecular weight is 265 g/mol. The summed E-state index contributed by atoms with van der Waals surface area (Å²) in [5.41, 5.74) is 1.11. The van der Waals surface area contributed by atoms with E-state index in [9.17, 15) is 10.2 Å². The highest BCUT2D eigenvalue weighted by Crippen LogP contribution is 2.16. The minimum Gasteiger partial charge on any atom is -0.395 e. The molecule has 0 aliphatic carbocycles. The van der Waals surface area contributed by atoms with Crippen LogP contribution in [-0.4, -0.2) is 53.6 Å². The van der Waals surface area contributed by atoms with Crippen LogP contribution in [0.4, 0.5) is 0 Å². The zero-order valence-electron chi connectivity index (χ0n) is 11.2. The number of nitrogens with zero attached hydrogens (tertiary/aromatic N) is 1. The zero-order valence-corrected chi connectivity index (χ0v) is 11.2. The molecule has 2 atom stereocenters. The van der Waals surface area contributed by atoms with E-state index in [0.29, 0.717) is 19.8 Å². The van der Waals surface area contributed by atoms with Crippen LogP contribution in [-0.2, 0) is 11.3 Å². The summed E-state index contributed by atoms with van der Waals surface area (Å²) in [4.78, 5) is 2.15. The lowest BCUT2D eigenvalue weighted by Gasteiger charge is -2.25. The molecule has 106 valence electrons. The van der Waals surface area contributed by atoms with Crippen molar-refractivity contribution in [2.45, 2.75) is 31.6 Å². The van der Waals surface area contributed by atoms with E-state index < -0.39 is 6.10 Å². The number of β-amino-alcohol motifs (C(OH)–C–C–N with tert-alkyl or cyclic N) is 1. The molecule has 1 aromatic carbocycles. The molecule has 1 heterocycles. The molecule has 1 aromatic rings. The molecule has 4 heteroatoms. The van der Waals surface area contributed by atoms with Crippen LogP contribution in [0.2, 0.25) is 0 Å². The zero-order chi connectivity index (χ0) is 13.5. The molecule has 1 saturated heterocycles. The van der Waals surface area contributed by atoms with E-state index >= 15 is 0 Å². The quantitative estimate of drug-likeness (QED) is 0.773. The van der Waals surface area contributed by atoms with Crippen molar-refractivity contribution in [2.75, 3.05) is 26.3 Å². The van der Waals surface area contributed by atoms with Gasteiger partial charge in [0, 0.05) is 12.6 Å². The predicted octanol–water partition coefficient (Wildman–Crippen LogP) is 1.02. The van der Waals surface area contributed by atoms with Gasteiger partial charge in [-0.3, -0.25) is 4.90 Å². The Morgan fingerprint density at radius 2 is 2.11 bits per heavy atom. The van der Waals surface area contributed by atoms with E-state index in [2.05, 4.69) is 4.90 Å². The van der Waals surface area contributed by atoms with Gasteiger partial charge in [-0.1, -0.05) is 30.3 Å². The molecule has 2 N–H and O–H groups in total. The standard InChI is InChI=1S/C15H23NO3/c17-10-14-7-4-8-16(14)9-15(18)12-19-11-13-5-2-1-3-6-13/h1-3,5-6,14-15,17-18H,4,7-12H2/t14-,15?/m0/s1. The van der Waals surface area contributed by atoms with Crippen molar-refractivity contribution in [2.24, 2.45) is 0 Å². The highest BCUT2D eigenvalue weighted by molar-refractivity contribution is 5.13. The van der Waals surface area contributed by atoms with E-state index in [-0.39, 0.29) is 12.6 Å². The number of rotatable bonds is 7.